The van der Waals surface area contributed by atoms with Crippen LogP contribution in [0.1, 0.15) is 0 Å². The van der Waals surface area contributed by atoms with Crippen LogP contribution in [-0.2, 0) is 11.1 Å². The highest BCUT2D eigenvalue weighted by Crippen LogP contribution is 2.12. The first-order valence-corrected chi connectivity index (χ1v) is 3.97. The van der Waals surface area contributed by atoms with E-state index >= 15 is 0 Å². The predicted octanol–water partition coefficient (Wildman–Crippen LogP) is 1.04. The summed E-state index contributed by atoms with van der Waals surface area (Å²) in [6, 6.07) is 0. The molecule has 1 rings (SSSR count). The zero-order chi connectivity index (χ0) is 7.56. The van der Waals surface area contributed by atoms with Crippen LogP contribution in [0.15, 0.2) is 24.3 Å². The van der Waals surface area contributed by atoms with Crippen molar-refractivity contribution in [1.82, 2.24) is 0 Å². The van der Waals surface area contributed by atoms with Crippen molar-refractivity contribution in [3.8, 4) is 0 Å². The third-order valence-corrected chi connectivity index (χ3v) is 2.14. The normalized spacial score (nSPS) is 34.2. The SMILES string of the molecule is O=S(O)C1C=CC=CC1F. The van der Waals surface area contributed by atoms with E-state index < -0.39 is 22.5 Å². The summed E-state index contributed by atoms with van der Waals surface area (Å²) >= 11 is -2.10. The predicted molar refractivity (Wildman–Crippen MR) is 37.7 cm³/mol. The minimum absolute atomic E-state index is 0.884. The molecular weight excluding hydrogens is 155 g/mol. The molecule has 0 heterocycles. The van der Waals surface area contributed by atoms with Crippen LogP contribution >= 0.6 is 0 Å². The summed E-state index contributed by atoms with van der Waals surface area (Å²) < 4.78 is 31.5. The molecule has 1 aliphatic carbocycles. The van der Waals surface area contributed by atoms with Crippen LogP contribution in [0.3, 0.4) is 0 Å². The molecule has 3 atom stereocenters. The number of alkyl halides is 1. The Hall–Kier alpha value is -0.480. The lowest BCUT2D eigenvalue weighted by Gasteiger charge is -2.12. The Morgan fingerprint density at radius 1 is 1.40 bits per heavy atom. The van der Waals surface area contributed by atoms with Crippen molar-refractivity contribution in [2.24, 2.45) is 0 Å². The number of halogens is 1. The van der Waals surface area contributed by atoms with E-state index in [4.69, 9.17) is 4.55 Å². The second kappa shape index (κ2) is 3.07. The Balaban J connectivity index is 2.70. The molecule has 0 aromatic heterocycles. The Bertz CT molecular complexity index is 200. The van der Waals surface area contributed by atoms with Crippen molar-refractivity contribution in [3.05, 3.63) is 24.3 Å². The van der Waals surface area contributed by atoms with Gasteiger partial charge in [0, 0.05) is 0 Å². The first-order chi connectivity index (χ1) is 4.72. The third kappa shape index (κ3) is 1.52. The fourth-order valence-electron chi connectivity index (χ4n) is 0.738. The maximum atomic E-state index is 12.6. The van der Waals surface area contributed by atoms with Gasteiger partial charge in [0.15, 0.2) is 11.1 Å². The lowest BCUT2D eigenvalue weighted by atomic mass is 10.2. The van der Waals surface area contributed by atoms with Crippen molar-refractivity contribution in [3.63, 3.8) is 0 Å². The molecule has 3 unspecified atom stereocenters. The molecule has 0 fully saturated rings. The van der Waals surface area contributed by atoms with Gasteiger partial charge in [-0.25, -0.2) is 8.60 Å². The monoisotopic (exact) mass is 162 g/mol. The summed E-state index contributed by atoms with van der Waals surface area (Å²) in [5.74, 6) is 0. The number of allylic oxidation sites excluding steroid dienone is 3. The molecule has 0 bridgehead atoms. The summed E-state index contributed by atoms with van der Waals surface area (Å²) in [5.41, 5.74) is 0. The number of hydrogen-bond donors (Lipinski definition) is 1. The molecule has 0 spiro atoms. The molecule has 56 valence electrons. The lowest BCUT2D eigenvalue weighted by Crippen LogP contribution is -2.24. The third-order valence-electron chi connectivity index (χ3n) is 1.25. The highest BCUT2D eigenvalue weighted by Gasteiger charge is 2.22. The van der Waals surface area contributed by atoms with Crippen molar-refractivity contribution < 1.29 is 13.2 Å². The lowest BCUT2D eigenvalue weighted by molar-refractivity contribution is 0.395. The molecule has 4 heteroatoms. The van der Waals surface area contributed by atoms with E-state index in [1.165, 1.54) is 18.2 Å². The molecule has 0 amide bonds. The minimum Gasteiger partial charge on any atom is -0.306 e. The highest BCUT2D eigenvalue weighted by atomic mass is 32.2. The van der Waals surface area contributed by atoms with E-state index in [2.05, 4.69) is 0 Å². The summed E-state index contributed by atoms with van der Waals surface area (Å²) in [6.45, 7) is 0. The van der Waals surface area contributed by atoms with E-state index in [-0.39, 0.29) is 0 Å². The maximum Gasteiger partial charge on any atom is 0.163 e. The average molecular weight is 162 g/mol. The van der Waals surface area contributed by atoms with Gasteiger partial charge >= 0.3 is 0 Å². The number of hydrogen-bond acceptors (Lipinski definition) is 1. The van der Waals surface area contributed by atoms with Crippen LogP contribution in [0.2, 0.25) is 0 Å². The fraction of sp³-hybridized carbons (Fsp3) is 0.333. The summed E-state index contributed by atoms with van der Waals surface area (Å²) in [6.07, 6.45) is 4.42. The molecule has 0 aromatic carbocycles. The van der Waals surface area contributed by atoms with Gasteiger partial charge in [-0.3, -0.25) is 0 Å². The quantitative estimate of drug-likeness (QED) is 0.585. The van der Waals surface area contributed by atoms with Gasteiger partial charge in [0.2, 0.25) is 0 Å². The minimum atomic E-state index is -2.10. The Kier molecular flexibility index (Phi) is 2.34. The first-order valence-electron chi connectivity index (χ1n) is 2.80. The zero-order valence-electron chi connectivity index (χ0n) is 5.11. The largest absolute Gasteiger partial charge is 0.306 e. The van der Waals surface area contributed by atoms with E-state index in [0.29, 0.717) is 0 Å². The van der Waals surface area contributed by atoms with Crippen molar-refractivity contribution in [1.29, 1.82) is 0 Å². The van der Waals surface area contributed by atoms with Crippen molar-refractivity contribution in [2.45, 2.75) is 11.4 Å². The second-order valence-corrected chi connectivity index (χ2v) is 3.05. The van der Waals surface area contributed by atoms with Crippen LogP contribution < -0.4 is 0 Å². The topological polar surface area (TPSA) is 37.3 Å². The molecule has 0 saturated carbocycles. The van der Waals surface area contributed by atoms with Gasteiger partial charge in [0.1, 0.15) is 11.4 Å². The maximum absolute atomic E-state index is 12.6. The van der Waals surface area contributed by atoms with Crippen LogP contribution in [0.5, 0.6) is 0 Å². The Labute approximate surface area is 60.7 Å². The van der Waals surface area contributed by atoms with Crippen LogP contribution in [0.4, 0.5) is 4.39 Å². The van der Waals surface area contributed by atoms with E-state index in [0.717, 1.165) is 0 Å². The molecule has 0 aromatic rings. The molecule has 0 aliphatic heterocycles. The van der Waals surface area contributed by atoms with Crippen LogP contribution in [0.25, 0.3) is 0 Å². The smallest absolute Gasteiger partial charge is 0.163 e. The zero-order valence-corrected chi connectivity index (χ0v) is 5.92. The summed E-state index contributed by atoms with van der Waals surface area (Å²) in [5, 5.41) is -0.884. The second-order valence-electron chi connectivity index (χ2n) is 1.96. The van der Waals surface area contributed by atoms with E-state index in [1.54, 1.807) is 6.08 Å². The Morgan fingerprint density at radius 3 is 2.40 bits per heavy atom. The van der Waals surface area contributed by atoms with Gasteiger partial charge in [-0.15, -0.1) is 0 Å². The number of rotatable bonds is 1. The van der Waals surface area contributed by atoms with Gasteiger partial charge in [-0.1, -0.05) is 18.2 Å². The van der Waals surface area contributed by atoms with Gasteiger partial charge in [0.25, 0.3) is 0 Å². The molecule has 0 radical (unpaired) electrons. The van der Waals surface area contributed by atoms with E-state index in [9.17, 15) is 8.60 Å². The van der Waals surface area contributed by atoms with Crippen molar-refractivity contribution >= 4 is 11.1 Å². The Morgan fingerprint density at radius 2 is 2.00 bits per heavy atom. The van der Waals surface area contributed by atoms with Crippen LogP contribution in [0, 0.1) is 0 Å². The van der Waals surface area contributed by atoms with Gasteiger partial charge in [0.05, 0.1) is 0 Å². The summed E-state index contributed by atoms with van der Waals surface area (Å²) in [7, 11) is 0. The average Bonchev–Trinajstić information content (AvgIpc) is 1.88. The fourth-order valence-corrected chi connectivity index (χ4v) is 1.28. The molecule has 1 aliphatic rings. The molecule has 0 saturated heterocycles. The standard InChI is InChI=1S/C6H7FO2S/c7-5-3-1-2-4-6(5)10(8)9/h1-6H,(H,8,9). The van der Waals surface area contributed by atoms with E-state index in [1.807, 2.05) is 0 Å². The summed E-state index contributed by atoms with van der Waals surface area (Å²) in [4.78, 5) is 0. The van der Waals surface area contributed by atoms with Gasteiger partial charge in [-0.05, 0) is 6.08 Å². The van der Waals surface area contributed by atoms with Crippen molar-refractivity contribution in [2.75, 3.05) is 0 Å². The van der Waals surface area contributed by atoms with Crippen LogP contribution in [-0.4, -0.2) is 20.2 Å². The first kappa shape index (κ1) is 7.63. The molecule has 2 nitrogen and oxygen atoms in total. The molecular formula is C6H7FO2S. The molecule has 10 heavy (non-hydrogen) atoms. The molecule has 1 N–H and O–H groups in total. The highest BCUT2D eigenvalue weighted by molar-refractivity contribution is 7.80. The van der Waals surface area contributed by atoms with Gasteiger partial charge in [-0.2, -0.15) is 0 Å². The van der Waals surface area contributed by atoms with Gasteiger partial charge < -0.3 is 4.55 Å².